The minimum absolute atomic E-state index is 0.0110. The van der Waals surface area contributed by atoms with Gasteiger partial charge in [0, 0.05) is 23.7 Å². The highest BCUT2D eigenvalue weighted by atomic mass is 35.5. The topological polar surface area (TPSA) is 50.4 Å². The quantitative estimate of drug-likeness (QED) is 0.796. The molecule has 0 saturated heterocycles. The van der Waals surface area contributed by atoms with Gasteiger partial charge in [0.15, 0.2) is 6.61 Å². The van der Waals surface area contributed by atoms with Gasteiger partial charge in [-0.25, -0.2) is 0 Å². The number of ether oxygens (including phenoxy) is 1. The number of amides is 1. The maximum Gasteiger partial charge on any atom is 0.257 e. The predicted molar refractivity (Wildman–Crippen MR) is 73.0 cm³/mol. The summed E-state index contributed by atoms with van der Waals surface area (Å²) in [6.45, 7) is 3.28. The molecule has 0 aliphatic carbocycles. The molecule has 4 nitrogen and oxygen atoms in total. The summed E-state index contributed by atoms with van der Waals surface area (Å²) in [6.07, 6.45) is 0.911. The van der Waals surface area contributed by atoms with Crippen LogP contribution in [-0.2, 0) is 11.3 Å². The van der Waals surface area contributed by atoms with Crippen molar-refractivity contribution in [1.82, 2.24) is 10.6 Å². The fourth-order valence-electron chi connectivity index (χ4n) is 1.48. The van der Waals surface area contributed by atoms with E-state index >= 15 is 0 Å². The summed E-state index contributed by atoms with van der Waals surface area (Å²) in [5.41, 5.74) is 0.866. The summed E-state index contributed by atoms with van der Waals surface area (Å²) in [4.78, 5) is 11.4. The van der Waals surface area contributed by atoms with E-state index in [2.05, 4.69) is 10.6 Å². The fourth-order valence-corrected chi connectivity index (χ4v) is 1.71. The first-order valence-corrected chi connectivity index (χ1v) is 6.38. The van der Waals surface area contributed by atoms with E-state index in [0.717, 1.165) is 12.0 Å². The number of benzene rings is 1. The molecule has 0 radical (unpaired) electrons. The van der Waals surface area contributed by atoms with Crippen molar-refractivity contribution >= 4 is 17.5 Å². The molecule has 0 aromatic heterocycles. The van der Waals surface area contributed by atoms with Gasteiger partial charge < -0.3 is 15.4 Å². The van der Waals surface area contributed by atoms with Gasteiger partial charge >= 0.3 is 0 Å². The molecule has 1 rings (SSSR count). The van der Waals surface area contributed by atoms with Crippen LogP contribution >= 0.6 is 11.6 Å². The first-order valence-electron chi connectivity index (χ1n) is 6.00. The van der Waals surface area contributed by atoms with E-state index in [1.165, 1.54) is 0 Å². The van der Waals surface area contributed by atoms with Gasteiger partial charge in [-0.1, -0.05) is 24.6 Å². The van der Waals surface area contributed by atoms with E-state index in [0.29, 0.717) is 23.9 Å². The van der Waals surface area contributed by atoms with Gasteiger partial charge in [0.05, 0.1) is 0 Å². The summed E-state index contributed by atoms with van der Waals surface area (Å²) < 4.78 is 5.49. The number of halogens is 1. The molecule has 0 spiro atoms. The first kappa shape index (κ1) is 14.8. The molecule has 0 saturated carbocycles. The van der Waals surface area contributed by atoms with E-state index in [-0.39, 0.29) is 12.5 Å². The Labute approximate surface area is 113 Å². The van der Waals surface area contributed by atoms with Crippen LogP contribution in [0.15, 0.2) is 18.2 Å². The number of hydrogen-bond donors (Lipinski definition) is 2. The summed E-state index contributed by atoms with van der Waals surface area (Å²) >= 11 is 6.09. The Morgan fingerprint density at radius 1 is 1.44 bits per heavy atom. The Morgan fingerprint density at radius 3 is 2.89 bits per heavy atom. The highest BCUT2D eigenvalue weighted by Crippen LogP contribution is 2.26. The maximum absolute atomic E-state index is 11.4. The molecule has 5 heteroatoms. The van der Waals surface area contributed by atoms with Crippen LogP contribution in [0.1, 0.15) is 18.9 Å². The van der Waals surface area contributed by atoms with Crippen LogP contribution in [-0.4, -0.2) is 26.1 Å². The van der Waals surface area contributed by atoms with Gasteiger partial charge in [-0.05, 0) is 25.6 Å². The average molecular weight is 271 g/mol. The Kier molecular flexibility index (Phi) is 6.54. The largest absolute Gasteiger partial charge is 0.483 e. The van der Waals surface area contributed by atoms with Crippen LogP contribution in [0.5, 0.6) is 5.75 Å². The van der Waals surface area contributed by atoms with Gasteiger partial charge in [-0.2, -0.15) is 0 Å². The smallest absolute Gasteiger partial charge is 0.257 e. The SMILES string of the molecule is CCCNC(=O)COc1cccc(Cl)c1CNC. The van der Waals surface area contributed by atoms with Crippen molar-refractivity contribution < 1.29 is 9.53 Å². The third-order valence-corrected chi connectivity index (χ3v) is 2.71. The predicted octanol–water partition coefficient (Wildman–Crippen LogP) is 1.96. The zero-order valence-electron chi connectivity index (χ0n) is 10.8. The zero-order chi connectivity index (χ0) is 13.4. The lowest BCUT2D eigenvalue weighted by Crippen LogP contribution is -2.29. The van der Waals surface area contributed by atoms with Crippen LogP contribution in [0, 0.1) is 0 Å². The van der Waals surface area contributed by atoms with Crippen LogP contribution < -0.4 is 15.4 Å². The second-order valence-electron chi connectivity index (χ2n) is 3.89. The molecule has 100 valence electrons. The highest BCUT2D eigenvalue weighted by Gasteiger charge is 2.09. The van der Waals surface area contributed by atoms with Crippen molar-refractivity contribution in [2.75, 3.05) is 20.2 Å². The molecule has 1 aromatic rings. The Balaban J connectivity index is 2.61. The maximum atomic E-state index is 11.4. The zero-order valence-corrected chi connectivity index (χ0v) is 11.5. The van der Waals surface area contributed by atoms with E-state index in [4.69, 9.17) is 16.3 Å². The standard InChI is InChI=1S/C13H19ClN2O2/c1-3-7-16-13(17)9-18-12-6-4-5-11(14)10(12)8-15-2/h4-6,15H,3,7-9H2,1-2H3,(H,16,17). The van der Waals surface area contributed by atoms with Crippen molar-refractivity contribution in [3.05, 3.63) is 28.8 Å². The molecule has 2 N–H and O–H groups in total. The highest BCUT2D eigenvalue weighted by molar-refractivity contribution is 6.31. The van der Waals surface area contributed by atoms with Crippen molar-refractivity contribution in [1.29, 1.82) is 0 Å². The molecule has 0 aliphatic rings. The number of carbonyl (C=O) groups is 1. The number of rotatable bonds is 7. The number of carbonyl (C=O) groups excluding carboxylic acids is 1. The van der Waals surface area contributed by atoms with Crippen LogP contribution in [0.3, 0.4) is 0 Å². The summed E-state index contributed by atoms with van der Waals surface area (Å²) in [7, 11) is 1.83. The van der Waals surface area contributed by atoms with Gasteiger partial charge in [0.25, 0.3) is 5.91 Å². The van der Waals surface area contributed by atoms with E-state index < -0.39 is 0 Å². The van der Waals surface area contributed by atoms with E-state index in [1.54, 1.807) is 12.1 Å². The van der Waals surface area contributed by atoms with Crippen LogP contribution in [0.4, 0.5) is 0 Å². The molecule has 0 atom stereocenters. The van der Waals surface area contributed by atoms with E-state index in [1.807, 2.05) is 20.0 Å². The monoisotopic (exact) mass is 270 g/mol. The molecular formula is C13H19ClN2O2. The molecule has 18 heavy (non-hydrogen) atoms. The lowest BCUT2D eigenvalue weighted by atomic mass is 10.2. The average Bonchev–Trinajstić information content (AvgIpc) is 2.37. The van der Waals surface area contributed by atoms with E-state index in [9.17, 15) is 4.79 Å². The molecule has 1 aromatic carbocycles. The van der Waals surface area contributed by atoms with Gasteiger partial charge in [0.2, 0.25) is 0 Å². The lowest BCUT2D eigenvalue weighted by molar-refractivity contribution is -0.123. The van der Waals surface area contributed by atoms with Gasteiger partial charge in [-0.15, -0.1) is 0 Å². The number of nitrogens with one attached hydrogen (secondary N) is 2. The first-order chi connectivity index (χ1) is 8.69. The minimum atomic E-state index is -0.118. The molecule has 0 unspecified atom stereocenters. The molecule has 1 amide bonds. The summed E-state index contributed by atoms with van der Waals surface area (Å²) in [6, 6.07) is 5.42. The van der Waals surface area contributed by atoms with Crippen molar-refractivity contribution in [3.63, 3.8) is 0 Å². The minimum Gasteiger partial charge on any atom is -0.483 e. The van der Waals surface area contributed by atoms with Crippen molar-refractivity contribution in [2.24, 2.45) is 0 Å². The normalized spacial score (nSPS) is 10.2. The second-order valence-corrected chi connectivity index (χ2v) is 4.29. The summed E-state index contributed by atoms with van der Waals surface area (Å²) in [5.74, 6) is 0.524. The molecule has 0 aliphatic heterocycles. The van der Waals surface area contributed by atoms with Gasteiger partial charge in [0.1, 0.15) is 5.75 Å². The summed E-state index contributed by atoms with van der Waals surface area (Å²) in [5, 5.41) is 6.41. The van der Waals surface area contributed by atoms with Crippen LogP contribution in [0.2, 0.25) is 5.02 Å². The molecule has 0 fully saturated rings. The third kappa shape index (κ3) is 4.55. The third-order valence-electron chi connectivity index (χ3n) is 2.36. The molecular weight excluding hydrogens is 252 g/mol. The molecule has 0 heterocycles. The fraction of sp³-hybridized carbons (Fsp3) is 0.462. The van der Waals surface area contributed by atoms with Crippen molar-refractivity contribution in [2.45, 2.75) is 19.9 Å². The van der Waals surface area contributed by atoms with Gasteiger partial charge in [-0.3, -0.25) is 4.79 Å². The second kappa shape index (κ2) is 7.95. The Hall–Kier alpha value is -1.26. The molecule has 0 bridgehead atoms. The van der Waals surface area contributed by atoms with Crippen molar-refractivity contribution in [3.8, 4) is 5.75 Å². The van der Waals surface area contributed by atoms with Crippen LogP contribution in [0.25, 0.3) is 0 Å². The Bertz CT molecular complexity index is 397. The Morgan fingerprint density at radius 2 is 2.22 bits per heavy atom. The number of hydrogen-bond acceptors (Lipinski definition) is 3. The lowest BCUT2D eigenvalue weighted by Gasteiger charge is -2.12.